The van der Waals surface area contributed by atoms with Crippen molar-refractivity contribution >= 4 is 34.1 Å². The van der Waals surface area contributed by atoms with Crippen LogP contribution in [-0.4, -0.2) is 31.7 Å². The number of esters is 1. The lowest BCUT2D eigenvalue weighted by Crippen LogP contribution is -2.17. The molecule has 1 aromatic heterocycles. The average Bonchev–Trinajstić information content (AvgIpc) is 3.37. The topological polar surface area (TPSA) is 117 Å². The largest absolute Gasteiger partial charge is 0.465 e. The maximum absolute atomic E-state index is 12.7. The highest BCUT2D eigenvalue weighted by Crippen LogP contribution is 2.37. The lowest BCUT2D eigenvalue weighted by atomic mass is 10.0. The van der Waals surface area contributed by atoms with Gasteiger partial charge in [-0.3, -0.25) is 9.59 Å². The van der Waals surface area contributed by atoms with Gasteiger partial charge in [-0.1, -0.05) is 6.07 Å². The van der Waals surface area contributed by atoms with Crippen molar-refractivity contribution < 1.29 is 28.6 Å². The summed E-state index contributed by atoms with van der Waals surface area (Å²) in [5, 5.41) is 3.16. The Hall–Kier alpha value is -3.85. The van der Waals surface area contributed by atoms with E-state index in [0.29, 0.717) is 34.0 Å². The standard InChI is InChI=1S/C23H20N2O6S/c1-12-18(10-13-3-8-16-17(9-13)31-11-30-16)32-22(19(12)20(24)26)25-21(27)14-4-6-15(7-5-14)23(28)29-2/h3-9H,10-11H2,1-2H3,(H2,24,26)(H,25,27). The minimum Gasteiger partial charge on any atom is -0.465 e. The number of amides is 2. The van der Waals surface area contributed by atoms with Gasteiger partial charge in [0, 0.05) is 16.9 Å². The minimum absolute atomic E-state index is 0.194. The molecule has 164 valence electrons. The van der Waals surface area contributed by atoms with Crippen molar-refractivity contribution in [2.75, 3.05) is 19.2 Å². The van der Waals surface area contributed by atoms with Gasteiger partial charge in [0.25, 0.3) is 11.8 Å². The fraction of sp³-hybridized carbons (Fsp3) is 0.174. The summed E-state index contributed by atoms with van der Waals surface area (Å²) in [7, 11) is 1.29. The van der Waals surface area contributed by atoms with Crippen LogP contribution in [0.3, 0.4) is 0 Å². The second-order valence-electron chi connectivity index (χ2n) is 7.11. The van der Waals surface area contributed by atoms with E-state index in [0.717, 1.165) is 16.0 Å². The van der Waals surface area contributed by atoms with Gasteiger partial charge in [-0.15, -0.1) is 11.3 Å². The number of carbonyl (C=O) groups excluding carboxylic acids is 3. The van der Waals surface area contributed by atoms with Crippen LogP contribution in [0.2, 0.25) is 0 Å². The second-order valence-corrected chi connectivity index (χ2v) is 8.21. The van der Waals surface area contributed by atoms with E-state index in [2.05, 4.69) is 10.1 Å². The van der Waals surface area contributed by atoms with Crippen LogP contribution in [0, 0.1) is 6.92 Å². The zero-order chi connectivity index (χ0) is 22.8. The Balaban J connectivity index is 1.58. The molecule has 4 rings (SSSR count). The highest BCUT2D eigenvalue weighted by molar-refractivity contribution is 7.17. The predicted octanol–water partition coefficient (Wildman–Crippen LogP) is 3.51. The first-order valence-corrected chi connectivity index (χ1v) is 10.5. The second kappa shape index (κ2) is 8.72. The SMILES string of the molecule is COC(=O)c1ccc(C(=O)Nc2sc(Cc3ccc4c(c3)OCO4)c(C)c2C(N)=O)cc1. The van der Waals surface area contributed by atoms with Crippen LogP contribution in [0.25, 0.3) is 0 Å². The van der Waals surface area contributed by atoms with Crippen LogP contribution in [0.15, 0.2) is 42.5 Å². The molecule has 2 heterocycles. The van der Waals surface area contributed by atoms with E-state index < -0.39 is 17.8 Å². The summed E-state index contributed by atoms with van der Waals surface area (Å²) in [5.41, 5.74) is 8.25. The summed E-state index contributed by atoms with van der Waals surface area (Å²) in [4.78, 5) is 37.3. The maximum Gasteiger partial charge on any atom is 0.337 e. The molecule has 2 aromatic carbocycles. The van der Waals surface area contributed by atoms with Crippen molar-refractivity contribution in [3.63, 3.8) is 0 Å². The van der Waals surface area contributed by atoms with E-state index in [1.165, 1.54) is 42.7 Å². The molecule has 0 saturated carbocycles. The molecule has 1 aliphatic rings. The summed E-state index contributed by atoms with van der Waals surface area (Å²) < 4.78 is 15.4. The molecule has 0 atom stereocenters. The molecule has 0 radical (unpaired) electrons. The highest BCUT2D eigenvalue weighted by atomic mass is 32.1. The smallest absolute Gasteiger partial charge is 0.337 e. The molecule has 9 heteroatoms. The van der Waals surface area contributed by atoms with Crippen molar-refractivity contribution in [3.8, 4) is 11.5 Å². The summed E-state index contributed by atoms with van der Waals surface area (Å²) >= 11 is 1.30. The number of hydrogen-bond acceptors (Lipinski definition) is 7. The number of anilines is 1. The zero-order valence-corrected chi connectivity index (χ0v) is 18.2. The third-order valence-electron chi connectivity index (χ3n) is 5.09. The molecule has 0 unspecified atom stereocenters. The molecule has 0 fully saturated rings. The molecule has 8 nitrogen and oxygen atoms in total. The lowest BCUT2D eigenvalue weighted by molar-refractivity contribution is 0.0600. The van der Waals surface area contributed by atoms with Crippen LogP contribution < -0.4 is 20.5 Å². The number of nitrogens with two attached hydrogens (primary N) is 1. The third kappa shape index (κ3) is 4.15. The van der Waals surface area contributed by atoms with Gasteiger partial charge in [0.2, 0.25) is 6.79 Å². The summed E-state index contributed by atoms with van der Waals surface area (Å²) in [6.07, 6.45) is 0.539. The summed E-state index contributed by atoms with van der Waals surface area (Å²) in [6, 6.07) is 11.7. The van der Waals surface area contributed by atoms with Gasteiger partial charge < -0.3 is 25.3 Å². The number of ether oxygens (including phenoxy) is 3. The molecule has 0 aliphatic carbocycles. The Kier molecular flexibility index (Phi) is 5.83. The molecular formula is C23H20N2O6S. The Bertz CT molecular complexity index is 1220. The Labute approximate surface area is 187 Å². The van der Waals surface area contributed by atoms with Crippen LogP contribution in [0.4, 0.5) is 5.00 Å². The number of fused-ring (bicyclic) bond motifs is 1. The molecule has 0 bridgehead atoms. The first kappa shape index (κ1) is 21.4. The maximum atomic E-state index is 12.7. The van der Waals surface area contributed by atoms with Crippen LogP contribution in [0.5, 0.6) is 11.5 Å². The Morgan fingerprint density at radius 2 is 1.75 bits per heavy atom. The molecule has 3 aromatic rings. The van der Waals surface area contributed by atoms with E-state index in [1.54, 1.807) is 6.92 Å². The van der Waals surface area contributed by atoms with Gasteiger partial charge in [-0.25, -0.2) is 4.79 Å². The van der Waals surface area contributed by atoms with Crippen LogP contribution in [-0.2, 0) is 11.2 Å². The van der Waals surface area contributed by atoms with Gasteiger partial charge in [0.1, 0.15) is 5.00 Å². The molecule has 3 N–H and O–H groups in total. The monoisotopic (exact) mass is 452 g/mol. The number of primary amides is 1. The number of rotatable bonds is 6. The number of nitrogens with one attached hydrogen (secondary N) is 1. The molecule has 0 spiro atoms. The quantitative estimate of drug-likeness (QED) is 0.553. The van der Waals surface area contributed by atoms with Gasteiger partial charge in [0.05, 0.1) is 18.2 Å². The Morgan fingerprint density at radius 1 is 1.06 bits per heavy atom. The third-order valence-corrected chi connectivity index (χ3v) is 6.30. The van der Waals surface area contributed by atoms with E-state index in [4.69, 9.17) is 15.2 Å². The molecule has 32 heavy (non-hydrogen) atoms. The first-order chi connectivity index (χ1) is 15.4. The fourth-order valence-corrected chi connectivity index (χ4v) is 4.64. The van der Waals surface area contributed by atoms with Crippen LogP contribution in [0.1, 0.15) is 47.1 Å². The number of carbonyl (C=O) groups is 3. The van der Waals surface area contributed by atoms with E-state index >= 15 is 0 Å². The fourth-order valence-electron chi connectivity index (χ4n) is 3.40. The average molecular weight is 452 g/mol. The van der Waals surface area contributed by atoms with E-state index in [-0.39, 0.29) is 12.4 Å². The van der Waals surface area contributed by atoms with Crippen molar-refractivity contribution in [2.45, 2.75) is 13.3 Å². The van der Waals surface area contributed by atoms with Gasteiger partial charge in [-0.2, -0.15) is 0 Å². The molecule has 1 aliphatic heterocycles. The molecule has 0 saturated heterocycles. The van der Waals surface area contributed by atoms with Gasteiger partial charge in [0.15, 0.2) is 11.5 Å². The zero-order valence-electron chi connectivity index (χ0n) is 17.4. The number of thiophene rings is 1. The summed E-state index contributed by atoms with van der Waals surface area (Å²) in [6.45, 7) is 2.00. The minimum atomic E-state index is -0.618. The number of methoxy groups -OCH3 is 1. The normalized spacial score (nSPS) is 11.8. The van der Waals surface area contributed by atoms with Crippen molar-refractivity contribution in [2.24, 2.45) is 5.73 Å². The molecular weight excluding hydrogens is 432 g/mol. The predicted molar refractivity (Wildman–Crippen MR) is 119 cm³/mol. The number of benzene rings is 2. The van der Waals surface area contributed by atoms with Crippen molar-refractivity contribution in [1.82, 2.24) is 0 Å². The Morgan fingerprint density at radius 3 is 2.44 bits per heavy atom. The van der Waals surface area contributed by atoms with Gasteiger partial charge >= 0.3 is 5.97 Å². The van der Waals surface area contributed by atoms with E-state index in [1.807, 2.05) is 18.2 Å². The van der Waals surface area contributed by atoms with Crippen molar-refractivity contribution in [3.05, 3.63) is 75.2 Å². The lowest BCUT2D eigenvalue weighted by Gasteiger charge is -2.06. The first-order valence-electron chi connectivity index (χ1n) is 9.67. The number of hydrogen-bond donors (Lipinski definition) is 2. The van der Waals surface area contributed by atoms with E-state index in [9.17, 15) is 14.4 Å². The van der Waals surface area contributed by atoms with Crippen LogP contribution >= 0.6 is 11.3 Å². The van der Waals surface area contributed by atoms with Crippen molar-refractivity contribution in [1.29, 1.82) is 0 Å². The summed E-state index contributed by atoms with van der Waals surface area (Å²) in [5.74, 6) is -0.154. The van der Waals surface area contributed by atoms with Gasteiger partial charge in [-0.05, 0) is 54.4 Å². The highest BCUT2D eigenvalue weighted by Gasteiger charge is 2.22. The molecule has 2 amide bonds.